The standard InChI is InChI=1S/C20H13F13N2O/c1-8-6-9(16(22,19(28,29)30)18(26,27)20(31,32)33)7-11(17(23,24)25)14(8)35-15(36)10-4-3-5-12(34-2)13(10)21/h3-7,34H,1-2H3,(H,35,36). The Bertz CT molecular complexity index is 1150. The highest BCUT2D eigenvalue weighted by molar-refractivity contribution is 6.06. The predicted octanol–water partition coefficient (Wildman–Crippen LogP) is 7.37. The molecule has 2 rings (SSSR count). The van der Waals surface area contributed by atoms with E-state index in [1.807, 2.05) is 0 Å². The van der Waals surface area contributed by atoms with Crippen molar-refractivity contribution in [3.8, 4) is 0 Å². The average Bonchev–Trinajstić information content (AvgIpc) is 2.71. The third-order valence-corrected chi connectivity index (χ3v) is 4.97. The van der Waals surface area contributed by atoms with E-state index >= 15 is 0 Å². The second kappa shape index (κ2) is 9.03. The van der Waals surface area contributed by atoms with E-state index in [9.17, 15) is 61.9 Å². The van der Waals surface area contributed by atoms with Crippen molar-refractivity contribution in [2.45, 2.75) is 37.0 Å². The van der Waals surface area contributed by atoms with E-state index in [4.69, 9.17) is 0 Å². The van der Waals surface area contributed by atoms with E-state index in [0.29, 0.717) is 6.92 Å². The highest BCUT2D eigenvalue weighted by atomic mass is 19.4. The number of hydrogen-bond donors (Lipinski definition) is 2. The quantitative estimate of drug-likeness (QED) is 0.386. The molecule has 0 aliphatic heterocycles. The third-order valence-electron chi connectivity index (χ3n) is 4.97. The van der Waals surface area contributed by atoms with Gasteiger partial charge in [-0.15, -0.1) is 0 Å². The minimum absolute atomic E-state index is 0.285. The number of halogens is 13. The maximum Gasteiger partial charge on any atom is 0.457 e. The molecule has 2 aromatic rings. The Balaban J connectivity index is 2.79. The maximum atomic E-state index is 14.7. The Morgan fingerprint density at radius 2 is 1.39 bits per heavy atom. The van der Waals surface area contributed by atoms with Crippen LogP contribution in [0.4, 0.5) is 68.5 Å². The van der Waals surface area contributed by atoms with Gasteiger partial charge in [-0.25, -0.2) is 8.78 Å². The lowest BCUT2D eigenvalue weighted by molar-refractivity contribution is -0.389. The number of alkyl halides is 12. The Morgan fingerprint density at radius 1 is 0.833 bits per heavy atom. The van der Waals surface area contributed by atoms with Crippen molar-refractivity contribution in [2.24, 2.45) is 0 Å². The van der Waals surface area contributed by atoms with Gasteiger partial charge >= 0.3 is 30.1 Å². The summed E-state index contributed by atoms with van der Waals surface area (Å²) in [4.78, 5) is 12.4. The fraction of sp³-hybridized carbons (Fsp3) is 0.350. The van der Waals surface area contributed by atoms with Gasteiger partial charge in [0.05, 0.1) is 22.5 Å². The predicted molar refractivity (Wildman–Crippen MR) is 99.9 cm³/mol. The number of nitrogens with one attached hydrogen (secondary N) is 2. The van der Waals surface area contributed by atoms with Crippen molar-refractivity contribution in [3.05, 3.63) is 58.4 Å². The first-order chi connectivity index (χ1) is 16.1. The molecular weight excluding hydrogens is 531 g/mol. The molecule has 0 radical (unpaired) electrons. The zero-order valence-corrected chi connectivity index (χ0v) is 17.7. The lowest BCUT2D eigenvalue weighted by atomic mass is 9.85. The molecule has 2 aromatic carbocycles. The minimum Gasteiger partial charge on any atom is -0.386 e. The Morgan fingerprint density at radius 3 is 1.83 bits per heavy atom. The van der Waals surface area contributed by atoms with Gasteiger partial charge in [0.2, 0.25) is 0 Å². The highest BCUT2D eigenvalue weighted by Gasteiger charge is 2.81. The number of carbonyl (C=O) groups excluding carboxylic acids is 1. The molecular formula is C20H13F13N2O. The Labute approximate surface area is 193 Å². The van der Waals surface area contributed by atoms with E-state index in [0.717, 1.165) is 18.2 Å². The van der Waals surface area contributed by atoms with Gasteiger partial charge in [0.1, 0.15) is 0 Å². The summed E-state index contributed by atoms with van der Waals surface area (Å²) in [6.45, 7) is 0.483. The molecule has 16 heteroatoms. The number of hydrogen-bond acceptors (Lipinski definition) is 2. The van der Waals surface area contributed by atoms with Gasteiger partial charge in [0.25, 0.3) is 5.91 Å². The number of amides is 1. The van der Waals surface area contributed by atoms with Gasteiger partial charge in [0.15, 0.2) is 5.82 Å². The van der Waals surface area contributed by atoms with Crippen LogP contribution in [0.25, 0.3) is 0 Å². The summed E-state index contributed by atoms with van der Waals surface area (Å²) in [5, 5.41) is 3.86. The molecule has 0 spiro atoms. The van der Waals surface area contributed by atoms with Crippen LogP contribution in [0.1, 0.15) is 27.0 Å². The Kier molecular flexibility index (Phi) is 7.28. The summed E-state index contributed by atoms with van der Waals surface area (Å²) >= 11 is 0. The molecule has 0 aromatic heterocycles. The monoisotopic (exact) mass is 544 g/mol. The van der Waals surface area contributed by atoms with Gasteiger partial charge in [-0.05, 0) is 30.7 Å². The molecule has 0 fully saturated rings. The van der Waals surface area contributed by atoms with Crippen LogP contribution in [0.3, 0.4) is 0 Å². The molecule has 2 N–H and O–H groups in total. The van der Waals surface area contributed by atoms with E-state index in [-0.39, 0.29) is 11.8 Å². The van der Waals surface area contributed by atoms with Crippen molar-refractivity contribution >= 4 is 17.3 Å². The van der Waals surface area contributed by atoms with Crippen LogP contribution in [0.5, 0.6) is 0 Å². The van der Waals surface area contributed by atoms with Crippen molar-refractivity contribution in [2.75, 3.05) is 17.7 Å². The molecule has 1 unspecified atom stereocenters. The average molecular weight is 544 g/mol. The third kappa shape index (κ3) is 4.76. The lowest BCUT2D eigenvalue weighted by Gasteiger charge is -2.36. The van der Waals surface area contributed by atoms with Gasteiger partial charge in [-0.2, -0.15) is 48.3 Å². The summed E-state index contributed by atoms with van der Waals surface area (Å²) in [5.41, 5.74) is -15.5. The van der Waals surface area contributed by atoms with Crippen molar-refractivity contribution in [1.82, 2.24) is 0 Å². The van der Waals surface area contributed by atoms with Gasteiger partial charge in [-0.3, -0.25) is 4.79 Å². The first-order valence-corrected chi connectivity index (χ1v) is 9.31. The fourth-order valence-corrected chi connectivity index (χ4v) is 3.18. The minimum atomic E-state index is -7.21. The van der Waals surface area contributed by atoms with Crippen LogP contribution < -0.4 is 10.6 Å². The second-order valence-electron chi connectivity index (χ2n) is 7.31. The van der Waals surface area contributed by atoms with E-state index in [1.165, 1.54) is 7.05 Å². The molecule has 3 nitrogen and oxygen atoms in total. The molecule has 0 saturated heterocycles. The molecule has 200 valence electrons. The van der Waals surface area contributed by atoms with Crippen LogP contribution in [0, 0.1) is 12.7 Å². The molecule has 0 heterocycles. The van der Waals surface area contributed by atoms with Crippen LogP contribution in [-0.2, 0) is 11.8 Å². The van der Waals surface area contributed by atoms with Crippen molar-refractivity contribution in [1.29, 1.82) is 0 Å². The van der Waals surface area contributed by atoms with Crippen molar-refractivity contribution in [3.63, 3.8) is 0 Å². The van der Waals surface area contributed by atoms with Crippen molar-refractivity contribution < 1.29 is 61.9 Å². The highest BCUT2D eigenvalue weighted by Crippen LogP contribution is 2.59. The lowest BCUT2D eigenvalue weighted by Crippen LogP contribution is -2.59. The molecule has 1 amide bonds. The zero-order valence-electron chi connectivity index (χ0n) is 17.7. The normalized spacial score (nSPS) is 14.9. The molecule has 0 bridgehead atoms. The van der Waals surface area contributed by atoms with Gasteiger partial charge < -0.3 is 10.6 Å². The summed E-state index contributed by atoms with van der Waals surface area (Å²) in [5.74, 6) is -10.1. The number of rotatable bonds is 5. The zero-order chi connectivity index (χ0) is 28.1. The smallest absolute Gasteiger partial charge is 0.386 e. The van der Waals surface area contributed by atoms with Gasteiger partial charge in [-0.1, -0.05) is 12.1 Å². The number of benzene rings is 2. The Hall–Kier alpha value is -3.20. The van der Waals surface area contributed by atoms with E-state index < -0.39 is 75.9 Å². The summed E-state index contributed by atoms with van der Waals surface area (Å²) < 4.78 is 175. The molecule has 0 aliphatic rings. The maximum absolute atomic E-state index is 14.7. The number of aryl methyl sites for hydroxylation is 1. The summed E-state index contributed by atoms with van der Waals surface area (Å²) in [6.07, 6.45) is -20.0. The number of carbonyl (C=O) groups is 1. The van der Waals surface area contributed by atoms with Crippen LogP contribution >= 0.6 is 0 Å². The first-order valence-electron chi connectivity index (χ1n) is 9.31. The molecule has 0 aliphatic carbocycles. The summed E-state index contributed by atoms with van der Waals surface area (Å²) in [6, 6.07) is 1.77. The van der Waals surface area contributed by atoms with Crippen LogP contribution in [0.15, 0.2) is 30.3 Å². The molecule has 1 atom stereocenters. The van der Waals surface area contributed by atoms with Crippen LogP contribution in [0.2, 0.25) is 0 Å². The summed E-state index contributed by atoms with van der Waals surface area (Å²) in [7, 11) is 1.23. The first kappa shape index (κ1) is 29.0. The molecule has 36 heavy (non-hydrogen) atoms. The topological polar surface area (TPSA) is 41.1 Å². The van der Waals surface area contributed by atoms with Gasteiger partial charge in [0, 0.05) is 12.6 Å². The van der Waals surface area contributed by atoms with Crippen LogP contribution in [-0.4, -0.2) is 31.2 Å². The fourth-order valence-electron chi connectivity index (χ4n) is 3.18. The van der Waals surface area contributed by atoms with E-state index in [2.05, 4.69) is 5.32 Å². The number of anilines is 2. The largest absolute Gasteiger partial charge is 0.457 e. The molecule has 0 saturated carbocycles. The SMILES string of the molecule is CNc1cccc(C(=O)Nc2c(C)cc(C(F)(C(F)(F)F)C(F)(F)C(F)(F)F)cc2C(F)(F)F)c1F. The second-order valence-corrected chi connectivity index (χ2v) is 7.31. The van der Waals surface area contributed by atoms with E-state index in [1.54, 1.807) is 5.32 Å².